The Morgan fingerprint density at radius 3 is 3.07 bits per heavy atom. The zero-order valence-corrected chi connectivity index (χ0v) is 9.45. The van der Waals surface area contributed by atoms with Gasteiger partial charge in [0.2, 0.25) is 0 Å². The van der Waals surface area contributed by atoms with E-state index in [0.29, 0.717) is 6.42 Å². The van der Waals surface area contributed by atoms with Crippen LogP contribution in [0.4, 0.5) is 0 Å². The molecule has 1 aromatic heterocycles. The molecule has 14 heavy (non-hydrogen) atoms. The summed E-state index contributed by atoms with van der Waals surface area (Å²) in [7, 11) is 0. The first-order valence-corrected chi connectivity index (χ1v) is 5.62. The van der Waals surface area contributed by atoms with Crippen LogP contribution in [0.5, 0.6) is 0 Å². The molecular weight excluding hydrogens is 210 g/mol. The summed E-state index contributed by atoms with van der Waals surface area (Å²) in [4.78, 5) is 0.969. The minimum atomic E-state index is 0.443. The van der Waals surface area contributed by atoms with E-state index in [9.17, 15) is 0 Å². The summed E-state index contributed by atoms with van der Waals surface area (Å²) in [6, 6.07) is 6.39. The highest BCUT2D eigenvalue weighted by molar-refractivity contribution is 7.80. The van der Waals surface area contributed by atoms with Crippen LogP contribution in [-0.4, -0.2) is 0 Å². The van der Waals surface area contributed by atoms with E-state index in [1.54, 1.807) is 11.3 Å². The minimum absolute atomic E-state index is 0.443. The van der Waals surface area contributed by atoms with Crippen molar-refractivity contribution < 1.29 is 0 Å². The number of benzene rings is 1. The Morgan fingerprint density at radius 1 is 1.57 bits per heavy atom. The van der Waals surface area contributed by atoms with Gasteiger partial charge >= 0.3 is 0 Å². The average molecular weight is 219 g/mol. The van der Waals surface area contributed by atoms with Gasteiger partial charge in [-0.05, 0) is 34.9 Å². The minimum Gasteiger partial charge on any atom is -0.198 e. The van der Waals surface area contributed by atoms with Crippen molar-refractivity contribution in [3.8, 4) is 6.07 Å². The summed E-state index contributed by atoms with van der Waals surface area (Å²) >= 11 is 6.17. The number of rotatable bonds is 1. The summed E-state index contributed by atoms with van der Waals surface area (Å²) in [6.45, 7) is 2.03. The van der Waals surface area contributed by atoms with E-state index in [4.69, 9.17) is 5.26 Å². The number of thiol groups is 1. The normalized spacial score (nSPS) is 10.4. The lowest BCUT2D eigenvalue weighted by Crippen LogP contribution is -1.89. The maximum Gasteiger partial charge on any atom is 0.0670 e. The monoisotopic (exact) mass is 219 g/mol. The van der Waals surface area contributed by atoms with Crippen molar-refractivity contribution in [3.63, 3.8) is 0 Å². The highest BCUT2D eigenvalue weighted by Gasteiger charge is 2.08. The zero-order valence-electron chi connectivity index (χ0n) is 7.74. The smallest absolute Gasteiger partial charge is 0.0670 e. The predicted molar refractivity (Wildman–Crippen MR) is 63.1 cm³/mol. The molecule has 0 aliphatic rings. The second-order valence-corrected chi connectivity index (χ2v) is 4.56. The van der Waals surface area contributed by atoms with Crippen molar-refractivity contribution in [2.45, 2.75) is 18.2 Å². The third kappa shape index (κ3) is 1.41. The molecule has 1 aromatic carbocycles. The van der Waals surface area contributed by atoms with Gasteiger partial charge in [0.25, 0.3) is 0 Å². The molecular formula is C11H9NS2. The maximum atomic E-state index is 8.71. The van der Waals surface area contributed by atoms with Crippen LogP contribution in [0.25, 0.3) is 10.1 Å². The van der Waals surface area contributed by atoms with E-state index in [1.165, 1.54) is 10.1 Å². The van der Waals surface area contributed by atoms with Gasteiger partial charge in [-0.15, -0.1) is 24.0 Å². The number of thiophene rings is 1. The van der Waals surface area contributed by atoms with Gasteiger partial charge in [-0.25, -0.2) is 0 Å². The van der Waals surface area contributed by atoms with Gasteiger partial charge < -0.3 is 0 Å². The van der Waals surface area contributed by atoms with Gasteiger partial charge in [0.15, 0.2) is 0 Å². The van der Waals surface area contributed by atoms with Crippen LogP contribution in [-0.2, 0) is 6.42 Å². The Morgan fingerprint density at radius 2 is 2.36 bits per heavy atom. The lowest BCUT2D eigenvalue weighted by Gasteiger charge is -2.06. The van der Waals surface area contributed by atoms with E-state index in [1.807, 2.05) is 6.92 Å². The van der Waals surface area contributed by atoms with Crippen LogP contribution in [0.3, 0.4) is 0 Å². The standard InChI is InChI=1S/C11H9NS2/c1-7-6-8-3-5-14-11(8)10(13)9(7)2-4-12/h3,5-6,13H,2H2,1H3. The van der Waals surface area contributed by atoms with Crippen LogP contribution in [0.15, 0.2) is 22.4 Å². The zero-order chi connectivity index (χ0) is 10.1. The largest absolute Gasteiger partial charge is 0.198 e. The topological polar surface area (TPSA) is 23.8 Å². The number of nitrogens with zero attached hydrogens (tertiary/aromatic N) is 1. The molecule has 0 spiro atoms. The second kappa shape index (κ2) is 3.64. The molecule has 70 valence electrons. The van der Waals surface area contributed by atoms with E-state index >= 15 is 0 Å². The fourth-order valence-electron chi connectivity index (χ4n) is 1.57. The average Bonchev–Trinajstić information content (AvgIpc) is 2.60. The van der Waals surface area contributed by atoms with Crippen molar-refractivity contribution in [1.82, 2.24) is 0 Å². The SMILES string of the molecule is Cc1cc2ccsc2c(S)c1CC#N. The molecule has 0 saturated heterocycles. The third-order valence-corrected chi connectivity index (χ3v) is 3.89. The van der Waals surface area contributed by atoms with E-state index in [-0.39, 0.29) is 0 Å². The molecule has 0 unspecified atom stereocenters. The maximum absolute atomic E-state index is 8.71. The molecule has 3 heteroatoms. The summed E-state index contributed by atoms with van der Waals surface area (Å²) in [5.41, 5.74) is 2.22. The molecule has 0 aliphatic heterocycles. The molecule has 0 atom stereocenters. The van der Waals surface area contributed by atoms with Crippen molar-refractivity contribution in [3.05, 3.63) is 28.6 Å². The summed E-state index contributed by atoms with van der Waals surface area (Å²) < 4.78 is 1.18. The van der Waals surface area contributed by atoms with Gasteiger partial charge in [-0.1, -0.05) is 6.07 Å². The molecule has 0 bridgehead atoms. The highest BCUT2D eigenvalue weighted by atomic mass is 32.1. The van der Waals surface area contributed by atoms with Crippen LogP contribution >= 0.6 is 24.0 Å². The molecule has 0 aliphatic carbocycles. The number of fused-ring (bicyclic) bond motifs is 1. The molecule has 1 nitrogen and oxygen atoms in total. The van der Waals surface area contributed by atoms with Crippen LogP contribution in [0.2, 0.25) is 0 Å². The molecule has 0 N–H and O–H groups in total. The fraction of sp³-hybridized carbons (Fsp3) is 0.182. The highest BCUT2D eigenvalue weighted by Crippen LogP contribution is 2.32. The molecule has 0 saturated carbocycles. The van der Waals surface area contributed by atoms with Gasteiger partial charge in [-0.2, -0.15) is 5.26 Å². The third-order valence-electron chi connectivity index (χ3n) is 2.30. The van der Waals surface area contributed by atoms with Crippen molar-refractivity contribution in [2.24, 2.45) is 0 Å². The second-order valence-electron chi connectivity index (χ2n) is 3.19. The quantitative estimate of drug-likeness (QED) is 0.728. The Bertz CT molecular complexity index is 520. The van der Waals surface area contributed by atoms with E-state index in [2.05, 4.69) is 36.2 Å². The Balaban J connectivity index is 2.77. The van der Waals surface area contributed by atoms with Gasteiger partial charge in [0.1, 0.15) is 0 Å². The number of hydrogen-bond acceptors (Lipinski definition) is 3. The van der Waals surface area contributed by atoms with E-state index < -0.39 is 0 Å². The molecule has 2 aromatic rings. The number of nitriles is 1. The Kier molecular flexibility index (Phi) is 2.49. The molecule has 0 radical (unpaired) electrons. The molecule has 0 amide bonds. The van der Waals surface area contributed by atoms with Gasteiger partial charge in [0.05, 0.1) is 12.5 Å². The van der Waals surface area contributed by atoms with Crippen LogP contribution < -0.4 is 0 Å². The number of aryl methyl sites for hydroxylation is 1. The summed E-state index contributed by atoms with van der Waals surface area (Å²) in [5, 5.41) is 12.0. The lowest BCUT2D eigenvalue weighted by molar-refractivity contribution is 1.17. The number of hydrogen-bond donors (Lipinski definition) is 1. The lowest BCUT2D eigenvalue weighted by atomic mass is 10.0. The summed E-state index contributed by atoms with van der Waals surface area (Å²) in [6.07, 6.45) is 0.443. The van der Waals surface area contributed by atoms with Crippen molar-refractivity contribution in [2.75, 3.05) is 0 Å². The van der Waals surface area contributed by atoms with Crippen LogP contribution in [0, 0.1) is 18.3 Å². The first kappa shape index (κ1) is 9.57. The molecule has 0 fully saturated rings. The summed E-state index contributed by atoms with van der Waals surface area (Å²) in [5.74, 6) is 0. The molecule has 1 heterocycles. The van der Waals surface area contributed by atoms with Crippen molar-refractivity contribution in [1.29, 1.82) is 5.26 Å². The molecule has 2 rings (SSSR count). The fourth-order valence-corrected chi connectivity index (χ4v) is 2.96. The van der Waals surface area contributed by atoms with Crippen molar-refractivity contribution >= 4 is 34.1 Å². The van der Waals surface area contributed by atoms with Gasteiger partial charge in [0, 0.05) is 9.60 Å². The predicted octanol–water partition coefficient (Wildman–Crippen LogP) is 3.56. The van der Waals surface area contributed by atoms with Gasteiger partial charge in [-0.3, -0.25) is 0 Å². The first-order valence-electron chi connectivity index (χ1n) is 4.29. The Hall–Kier alpha value is -0.980. The van der Waals surface area contributed by atoms with E-state index in [0.717, 1.165) is 16.0 Å². The first-order chi connectivity index (χ1) is 6.74. The Labute approximate surface area is 92.4 Å². The van der Waals surface area contributed by atoms with Crippen LogP contribution in [0.1, 0.15) is 11.1 Å².